The first-order valence-corrected chi connectivity index (χ1v) is 8.82. The van der Waals surface area contributed by atoms with Crippen LogP contribution in [-0.4, -0.2) is 17.9 Å². The third-order valence-electron chi connectivity index (χ3n) is 5.00. The average Bonchev–Trinajstić information content (AvgIpc) is 2.94. The van der Waals surface area contributed by atoms with Gasteiger partial charge >= 0.3 is 6.18 Å². The standard InChI is InChI=1S/C17H25F3OS/c1-10(2)13-5-4-12(17(18,19)20)8-14(13)16-7-6-15(22-16)11(3)9-21/h6-7,10-14,21H,4-5,8-9H2,1-3H3. The Morgan fingerprint density at radius 1 is 1.23 bits per heavy atom. The van der Waals surface area contributed by atoms with E-state index in [4.69, 9.17) is 0 Å². The highest BCUT2D eigenvalue weighted by Crippen LogP contribution is 2.50. The number of aliphatic hydroxyl groups excluding tert-OH is 1. The van der Waals surface area contributed by atoms with Gasteiger partial charge in [0.1, 0.15) is 0 Å². The fraction of sp³-hybridized carbons (Fsp3) is 0.765. The van der Waals surface area contributed by atoms with E-state index in [1.54, 1.807) is 11.3 Å². The zero-order chi connectivity index (χ0) is 16.5. The maximum Gasteiger partial charge on any atom is 0.391 e. The summed E-state index contributed by atoms with van der Waals surface area (Å²) < 4.78 is 39.4. The minimum absolute atomic E-state index is 0.00924. The van der Waals surface area contributed by atoms with Crippen molar-refractivity contribution in [1.82, 2.24) is 0 Å². The SMILES string of the molecule is CC(CO)c1ccc(C2CC(C(F)(F)F)CCC2C(C)C)s1. The van der Waals surface area contributed by atoms with Crippen LogP contribution in [0.1, 0.15) is 61.6 Å². The number of hydrogen-bond donors (Lipinski definition) is 1. The predicted molar refractivity (Wildman–Crippen MR) is 84.3 cm³/mol. The Morgan fingerprint density at radius 3 is 2.45 bits per heavy atom. The molecule has 0 aromatic carbocycles. The minimum Gasteiger partial charge on any atom is -0.396 e. The summed E-state index contributed by atoms with van der Waals surface area (Å²) in [5, 5.41) is 9.25. The van der Waals surface area contributed by atoms with Gasteiger partial charge in [-0.25, -0.2) is 0 Å². The van der Waals surface area contributed by atoms with Crippen molar-refractivity contribution in [2.75, 3.05) is 6.61 Å². The van der Waals surface area contributed by atoms with Crippen LogP contribution in [0, 0.1) is 17.8 Å². The van der Waals surface area contributed by atoms with E-state index in [-0.39, 0.29) is 31.3 Å². The molecule has 0 bridgehead atoms. The highest BCUT2D eigenvalue weighted by molar-refractivity contribution is 7.12. The molecule has 1 aliphatic rings. The van der Waals surface area contributed by atoms with Gasteiger partial charge in [-0.1, -0.05) is 20.8 Å². The van der Waals surface area contributed by atoms with E-state index in [2.05, 4.69) is 13.8 Å². The number of rotatable bonds is 4. The van der Waals surface area contributed by atoms with Crippen LogP contribution >= 0.6 is 11.3 Å². The lowest BCUT2D eigenvalue weighted by Crippen LogP contribution is -2.33. The molecule has 4 atom stereocenters. The highest BCUT2D eigenvalue weighted by atomic mass is 32.1. The first-order chi connectivity index (χ1) is 10.2. The number of thiophene rings is 1. The molecular formula is C17H25F3OS. The second-order valence-corrected chi connectivity index (χ2v) is 8.04. The maximum atomic E-state index is 13.1. The number of aliphatic hydroxyl groups is 1. The van der Waals surface area contributed by atoms with Crippen molar-refractivity contribution in [1.29, 1.82) is 0 Å². The Balaban J connectivity index is 2.24. The van der Waals surface area contributed by atoms with Crippen molar-refractivity contribution < 1.29 is 18.3 Å². The van der Waals surface area contributed by atoms with Crippen molar-refractivity contribution in [2.45, 2.75) is 58.0 Å². The van der Waals surface area contributed by atoms with Crippen molar-refractivity contribution in [3.8, 4) is 0 Å². The van der Waals surface area contributed by atoms with Gasteiger partial charge in [0.25, 0.3) is 0 Å². The van der Waals surface area contributed by atoms with Crippen molar-refractivity contribution in [2.24, 2.45) is 17.8 Å². The highest BCUT2D eigenvalue weighted by Gasteiger charge is 2.46. The summed E-state index contributed by atoms with van der Waals surface area (Å²) in [5.74, 6) is -0.425. The van der Waals surface area contributed by atoms with Gasteiger partial charge in [0.2, 0.25) is 0 Å². The smallest absolute Gasteiger partial charge is 0.391 e. The first-order valence-electron chi connectivity index (χ1n) is 8.01. The third kappa shape index (κ3) is 3.85. The lowest BCUT2D eigenvalue weighted by atomic mass is 9.69. The zero-order valence-electron chi connectivity index (χ0n) is 13.4. The van der Waals surface area contributed by atoms with Gasteiger partial charge in [0, 0.05) is 15.7 Å². The molecular weight excluding hydrogens is 309 g/mol. The molecule has 1 saturated carbocycles. The Bertz CT molecular complexity index is 480. The molecule has 22 heavy (non-hydrogen) atoms. The van der Waals surface area contributed by atoms with Crippen LogP contribution in [0.3, 0.4) is 0 Å². The van der Waals surface area contributed by atoms with Crippen LogP contribution in [0.2, 0.25) is 0 Å². The number of alkyl halides is 3. The zero-order valence-corrected chi connectivity index (χ0v) is 14.2. The van der Waals surface area contributed by atoms with Crippen LogP contribution in [0.5, 0.6) is 0 Å². The van der Waals surface area contributed by atoms with E-state index < -0.39 is 12.1 Å². The van der Waals surface area contributed by atoms with Crippen LogP contribution in [0.4, 0.5) is 13.2 Å². The lowest BCUT2D eigenvalue weighted by molar-refractivity contribution is -0.186. The van der Waals surface area contributed by atoms with Crippen LogP contribution < -0.4 is 0 Å². The number of halogens is 3. The summed E-state index contributed by atoms with van der Waals surface area (Å²) in [5.41, 5.74) is 0. The van der Waals surface area contributed by atoms with Gasteiger partial charge in [-0.2, -0.15) is 13.2 Å². The predicted octanol–water partition coefficient (Wildman–Crippen LogP) is 5.56. The first kappa shape index (κ1) is 17.8. The fourth-order valence-corrected chi connectivity index (χ4v) is 4.78. The minimum atomic E-state index is -4.08. The maximum absolute atomic E-state index is 13.1. The number of hydrogen-bond acceptors (Lipinski definition) is 2. The van der Waals surface area contributed by atoms with Crippen molar-refractivity contribution >= 4 is 11.3 Å². The molecule has 1 nitrogen and oxygen atoms in total. The molecule has 1 N–H and O–H groups in total. The second-order valence-electron chi connectivity index (χ2n) is 6.89. The van der Waals surface area contributed by atoms with E-state index in [0.29, 0.717) is 18.3 Å². The summed E-state index contributed by atoms with van der Waals surface area (Å²) in [4.78, 5) is 2.12. The Hall–Kier alpha value is -0.550. The van der Waals surface area contributed by atoms with Crippen molar-refractivity contribution in [3.05, 3.63) is 21.9 Å². The van der Waals surface area contributed by atoms with E-state index in [0.717, 1.165) is 9.75 Å². The average molecular weight is 334 g/mol. The topological polar surface area (TPSA) is 20.2 Å². The van der Waals surface area contributed by atoms with Crippen LogP contribution in [0.25, 0.3) is 0 Å². The molecule has 0 radical (unpaired) electrons. The molecule has 0 amide bonds. The van der Waals surface area contributed by atoms with Gasteiger partial charge in [-0.05, 0) is 49.1 Å². The normalized spacial score (nSPS) is 28.1. The molecule has 1 aromatic heterocycles. The summed E-state index contributed by atoms with van der Waals surface area (Å²) in [6.45, 7) is 6.23. The monoisotopic (exact) mass is 334 g/mol. The summed E-state index contributed by atoms with van der Waals surface area (Å²) >= 11 is 1.58. The Kier molecular flexibility index (Phi) is 5.59. The van der Waals surface area contributed by atoms with Crippen LogP contribution in [-0.2, 0) is 0 Å². The molecule has 0 spiro atoms. The quantitative estimate of drug-likeness (QED) is 0.764. The van der Waals surface area contributed by atoms with Gasteiger partial charge < -0.3 is 5.11 Å². The van der Waals surface area contributed by atoms with E-state index in [9.17, 15) is 18.3 Å². The van der Waals surface area contributed by atoms with Crippen LogP contribution in [0.15, 0.2) is 12.1 Å². The molecule has 1 fully saturated rings. The van der Waals surface area contributed by atoms with E-state index in [1.165, 1.54) is 0 Å². The molecule has 4 unspecified atom stereocenters. The summed E-state index contributed by atoms with van der Waals surface area (Å²) in [7, 11) is 0. The summed E-state index contributed by atoms with van der Waals surface area (Å²) in [6, 6.07) is 3.94. The largest absolute Gasteiger partial charge is 0.396 e. The fourth-order valence-electron chi connectivity index (χ4n) is 3.54. The lowest BCUT2D eigenvalue weighted by Gasteiger charge is -2.38. The van der Waals surface area contributed by atoms with Gasteiger partial charge in [-0.15, -0.1) is 11.3 Å². The van der Waals surface area contributed by atoms with Gasteiger partial charge in [-0.3, -0.25) is 0 Å². The van der Waals surface area contributed by atoms with Gasteiger partial charge in [0.15, 0.2) is 0 Å². The molecule has 126 valence electrons. The molecule has 0 aliphatic heterocycles. The second kappa shape index (κ2) is 6.91. The molecule has 5 heteroatoms. The molecule has 1 aliphatic carbocycles. The molecule has 1 heterocycles. The van der Waals surface area contributed by atoms with Crippen molar-refractivity contribution in [3.63, 3.8) is 0 Å². The Morgan fingerprint density at radius 2 is 1.91 bits per heavy atom. The molecule has 1 aromatic rings. The molecule has 0 saturated heterocycles. The third-order valence-corrected chi connectivity index (χ3v) is 6.44. The molecule has 2 rings (SSSR count). The van der Waals surface area contributed by atoms with Gasteiger partial charge in [0.05, 0.1) is 12.5 Å². The van der Waals surface area contributed by atoms with E-state index in [1.807, 2.05) is 19.1 Å². The Labute approximate surface area is 134 Å². The van der Waals surface area contributed by atoms with E-state index >= 15 is 0 Å². The summed E-state index contributed by atoms with van der Waals surface area (Å²) in [6.07, 6.45) is -2.97.